The van der Waals surface area contributed by atoms with Crippen LogP contribution in [0.3, 0.4) is 0 Å². The average Bonchev–Trinajstić information content (AvgIpc) is 3.16. The minimum absolute atomic E-state index is 0.176. The molecule has 4 heteroatoms. The molecule has 4 aromatic carbocycles. The lowest BCUT2D eigenvalue weighted by atomic mass is 9.66. The van der Waals surface area contributed by atoms with Crippen molar-refractivity contribution in [2.24, 2.45) is 0 Å². The molecular weight excluding hydrogens is 386 g/mol. The molecule has 6 rings (SSSR count). The quantitative estimate of drug-likeness (QED) is 0.234. The van der Waals surface area contributed by atoms with Gasteiger partial charge in [0, 0.05) is 28.3 Å². The highest BCUT2D eigenvalue weighted by Crippen LogP contribution is 2.52. The number of nitrogens with zero attached hydrogens (tertiary/aromatic N) is 1. The van der Waals surface area contributed by atoms with E-state index in [1.807, 2.05) is 66.7 Å². The molecule has 0 amide bonds. The first-order chi connectivity index (χ1) is 15.1. The Morgan fingerprint density at radius 2 is 1.55 bits per heavy atom. The van der Waals surface area contributed by atoms with Crippen LogP contribution in [0.4, 0.5) is 5.69 Å². The van der Waals surface area contributed by atoms with Gasteiger partial charge in [0.05, 0.1) is 10.3 Å². The maximum absolute atomic E-state index is 12.3. The first-order valence-electron chi connectivity index (χ1n) is 10.3. The third kappa shape index (κ3) is 2.42. The predicted octanol–water partition coefficient (Wildman–Crippen LogP) is 7.02. The minimum Gasteiger partial charge on any atom is -0.460 e. The highest BCUT2D eigenvalue weighted by atomic mass is 16.6. The molecule has 1 aliphatic carbocycles. The van der Waals surface area contributed by atoms with Crippen molar-refractivity contribution in [3.63, 3.8) is 0 Å². The van der Waals surface area contributed by atoms with Gasteiger partial charge in [-0.3, -0.25) is 10.1 Å². The van der Waals surface area contributed by atoms with Crippen LogP contribution in [-0.4, -0.2) is 4.92 Å². The van der Waals surface area contributed by atoms with E-state index in [1.165, 1.54) is 0 Å². The molecule has 0 N–H and O–H groups in total. The molecular formula is C27H19NO3. The second-order valence-corrected chi connectivity index (χ2v) is 8.39. The number of hydrogen-bond acceptors (Lipinski definition) is 3. The molecule has 0 aliphatic heterocycles. The van der Waals surface area contributed by atoms with Gasteiger partial charge >= 0.3 is 0 Å². The maximum Gasteiger partial charge on any atom is 0.281 e. The Bertz CT molecular complexity index is 1510. The number of furan rings is 1. The largest absolute Gasteiger partial charge is 0.460 e. The fraction of sp³-hybridized carbons (Fsp3) is 0.111. The lowest BCUT2D eigenvalue weighted by Gasteiger charge is -2.35. The highest BCUT2D eigenvalue weighted by molar-refractivity contribution is 5.99. The Morgan fingerprint density at radius 3 is 2.39 bits per heavy atom. The van der Waals surface area contributed by atoms with Crippen molar-refractivity contribution in [3.8, 4) is 11.1 Å². The molecule has 0 fully saturated rings. The van der Waals surface area contributed by atoms with Gasteiger partial charge in [-0.05, 0) is 28.6 Å². The summed E-state index contributed by atoms with van der Waals surface area (Å²) in [6.07, 6.45) is 0.563. The maximum atomic E-state index is 12.3. The predicted molar refractivity (Wildman–Crippen MR) is 122 cm³/mol. The van der Waals surface area contributed by atoms with Crippen molar-refractivity contribution >= 4 is 27.4 Å². The van der Waals surface area contributed by atoms with Gasteiger partial charge in [0.15, 0.2) is 0 Å². The van der Waals surface area contributed by atoms with E-state index < -0.39 is 5.41 Å². The molecule has 1 atom stereocenters. The molecule has 1 aliphatic rings. The molecule has 31 heavy (non-hydrogen) atoms. The van der Waals surface area contributed by atoms with E-state index in [0.717, 1.165) is 44.4 Å². The topological polar surface area (TPSA) is 56.3 Å². The number of nitro groups is 1. The average molecular weight is 405 g/mol. The van der Waals surface area contributed by atoms with Gasteiger partial charge < -0.3 is 4.42 Å². The zero-order chi connectivity index (χ0) is 21.2. The zero-order valence-electron chi connectivity index (χ0n) is 17.0. The van der Waals surface area contributed by atoms with E-state index in [0.29, 0.717) is 11.8 Å². The number of benzene rings is 4. The Labute approximate surface area is 178 Å². The summed E-state index contributed by atoms with van der Waals surface area (Å²) < 4.78 is 6.28. The Kier molecular flexibility index (Phi) is 3.63. The first-order valence-corrected chi connectivity index (χ1v) is 10.3. The Balaban J connectivity index is 1.69. The number of fused-ring (bicyclic) bond motifs is 6. The summed E-state index contributed by atoms with van der Waals surface area (Å²) in [5.74, 6) is 0.879. The monoisotopic (exact) mass is 405 g/mol. The summed E-state index contributed by atoms with van der Waals surface area (Å²) in [6.45, 7) is 2.10. The lowest BCUT2D eigenvalue weighted by Crippen LogP contribution is -2.31. The molecule has 0 spiro atoms. The number of rotatable bonds is 2. The van der Waals surface area contributed by atoms with E-state index >= 15 is 0 Å². The second kappa shape index (κ2) is 6.29. The van der Waals surface area contributed by atoms with Crippen LogP contribution in [-0.2, 0) is 11.8 Å². The first kappa shape index (κ1) is 17.9. The van der Waals surface area contributed by atoms with Crippen LogP contribution in [0.15, 0.2) is 89.3 Å². The standard InChI is InChI=1S/C27H19NO3/c1-27(22-15-14-17-8-2-3-9-18(17)26(22)28(29)30)16-24-25(19-10-4-6-12-21(19)27)20-11-5-7-13-23(20)31-24/h2-15H,16H2,1H3. The van der Waals surface area contributed by atoms with E-state index in [9.17, 15) is 10.1 Å². The molecule has 150 valence electrons. The van der Waals surface area contributed by atoms with Crippen molar-refractivity contribution in [2.45, 2.75) is 18.8 Å². The summed E-state index contributed by atoms with van der Waals surface area (Å²) in [5.41, 5.74) is 4.42. The van der Waals surface area contributed by atoms with Gasteiger partial charge in [0.2, 0.25) is 0 Å². The molecule has 0 saturated carbocycles. The molecule has 4 nitrogen and oxygen atoms in total. The van der Waals surface area contributed by atoms with E-state index in [-0.39, 0.29) is 10.6 Å². The van der Waals surface area contributed by atoms with Gasteiger partial charge in [-0.2, -0.15) is 0 Å². The fourth-order valence-electron chi connectivity index (χ4n) is 5.25. The van der Waals surface area contributed by atoms with E-state index in [2.05, 4.69) is 25.1 Å². The van der Waals surface area contributed by atoms with Crippen LogP contribution < -0.4 is 0 Å². The fourth-order valence-corrected chi connectivity index (χ4v) is 5.25. The van der Waals surface area contributed by atoms with Crippen LogP contribution in [0.5, 0.6) is 0 Å². The van der Waals surface area contributed by atoms with Crippen molar-refractivity contribution in [1.29, 1.82) is 0 Å². The van der Waals surface area contributed by atoms with Gasteiger partial charge in [0.1, 0.15) is 11.3 Å². The summed E-state index contributed by atoms with van der Waals surface area (Å²) in [5, 5.41) is 14.9. The Morgan fingerprint density at radius 1 is 0.839 bits per heavy atom. The highest BCUT2D eigenvalue weighted by Gasteiger charge is 2.43. The van der Waals surface area contributed by atoms with Gasteiger partial charge in [0.25, 0.3) is 5.69 Å². The number of hydrogen-bond donors (Lipinski definition) is 0. The Hall–Kier alpha value is -3.92. The molecule has 0 saturated heterocycles. The van der Waals surface area contributed by atoms with Crippen molar-refractivity contribution < 1.29 is 9.34 Å². The lowest BCUT2D eigenvalue weighted by molar-refractivity contribution is -0.384. The molecule has 5 aromatic rings. The van der Waals surface area contributed by atoms with Crippen LogP contribution in [0.1, 0.15) is 23.8 Å². The summed E-state index contributed by atoms with van der Waals surface area (Å²) in [6, 6.07) is 27.7. The molecule has 0 bridgehead atoms. The molecule has 1 aromatic heterocycles. The van der Waals surface area contributed by atoms with Crippen LogP contribution in [0.25, 0.3) is 32.9 Å². The third-order valence-corrected chi connectivity index (χ3v) is 6.65. The van der Waals surface area contributed by atoms with Gasteiger partial charge in [-0.1, -0.05) is 79.7 Å². The van der Waals surface area contributed by atoms with Gasteiger partial charge in [-0.25, -0.2) is 0 Å². The summed E-state index contributed by atoms with van der Waals surface area (Å²) in [7, 11) is 0. The SMILES string of the molecule is CC1(c2ccc3ccccc3c2[N+](=O)[O-])Cc2oc3ccccc3c2-c2ccccc21. The van der Waals surface area contributed by atoms with Crippen molar-refractivity contribution in [3.05, 3.63) is 112 Å². The normalized spacial score (nSPS) is 17.5. The second-order valence-electron chi connectivity index (χ2n) is 8.39. The van der Waals surface area contributed by atoms with E-state index in [1.54, 1.807) is 0 Å². The number of nitro benzene ring substituents is 1. The van der Waals surface area contributed by atoms with Crippen LogP contribution in [0, 0.1) is 10.1 Å². The zero-order valence-corrected chi connectivity index (χ0v) is 17.0. The molecule has 1 unspecified atom stereocenters. The third-order valence-electron chi connectivity index (χ3n) is 6.65. The van der Waals surface area contributed by atoms with Gasteiger partial charge in [-0.15, -0.1) is 0 Å². The minimum atomic E-state index is -0.593. The molecule has 0 radical (unpaired) electrons. The molecule has 1 heterocycles. The van der Waals surface area contributed by atoms with Crippen molar-refractivity contribution in [2.75, 3.05) is 0 Å². The summed E-state index contributed by atoms with van der Waals surface area (Å²) in [4.78, 5) is 12.1. The van der Waals surface area contributed by atoms with Crippen molar-refractivity contribution in [1.82, 2.24) is 0 Å². The number of para-hydroxylation sites is 1. The summed E-state index contributed by atoms with van der Waals surface area (Å²) >= 11 is 0. The van der Waals surface area contributed by atoms with Crippen LogP contribution >= 0.6 is 0 Å². The van der Waals surface area contributed by atoms with E-state index in [4.69, 9.17) is 4.42 Å². The smallest absolute Gasteiger partial charge is 0.281 e. The van der Waals surface area contributed by atoms with Crippen LogP contribution in [0.2, 0.25) is 0 Å².